The van der Waals surface area contributed by atoms with Crippen molar-refractivity contribution in [2.75, 3.05) is 20.2 Å². The highest BCUT2D eigenvalue weighted by atomic mass is 79.9. The zero-order chi connectivity index (χ0) is 22.4. The van der Waals surface area contributed by atoms with Gasteiger partial charge in [-0.05, 0) is 57.0 Å². The summed E-state index contributed by atoms with van der Waals surface area (Å²) in [4.78, 5) is 15.7. The molecule has 31 heavy (non-hydrogen) atoms. The minimum Gasteiger partial charge on any atom is -0.496 e. The van der Waals surface area contributed by atoms with Crippen molar-refractivity contribution >= 4 is 33.8 Å². The van der Waals surface area contributed by atoms with Crippen molar-refractivity contribution in [2.45, 2.75) is 56.0 Å². The number of hydrogen-bond donors (Lipinski definition) is 1. The van der Waals surface area contributed by atoms with Crippen LogP contribution in [-0.2, 0) is 17.0 Å². The molecule has 2 aromatic rings. The molecule has 1 N–H and O–H groups in total. The van der Waals surface area contributed by atoms with Crippen LogP contribution in [0.25, 0.3) is 0 Å². The summed E-state index contributed by atoms with van der Waals surface area (Å²) in [5.41, 5.74) is 1.99. The molecule has 0 saturated carbocycles. The van der Waals surface area contributed by atoms with E-state index in [1.165, 1.54) is 16.0 Å². The number of rotatable bonds is 7. The lowest BCUT2D eigenvalue weighted by atomic mass is 10.2. The molecule has 1 saturated heterocycles. The van der Waals surface area contributed by atoms with Crippen molar-refractivity contribution in [1.82, 2.24) is 10.2 Å². The van der Waals surface area contributed by atoms with Crippen molar-refractivity contribution in [3.8, 4) is 5.75 Å². The third-order valence-electron chi connectivity index (χ3n) is 4.99. The molecular weight excluding hydrogens is 476 g/mol. The predicted molar refractivity (Wildman–Crippen MR) is 130 cm³/mol. The molecule has 0 radical (unpaired) electrons. The fraction of sp³-hybridized carbons (Fsp3) is 0.458. The molecule has 1 fully saturated rings. The number of ether oxygens (including phenoxy) is 2. The number of nitrogens with zero attached hydrogens (tertiary/aromatic N) is 1. The lowest BCUT2D eigenvalue weighted by molar-refractivity contribution is 0.0505. The number of carbonyl (C=O) groups is 1. The van der Waals surface area contributed by atoms with Crippen LogP contribution in [-0.4, -0.2) is 42.8 Å². The molecule has 3 rings (SSSR count). The van der Waals surface area contributed by atoms with E-state index in [1.54, 1.807) is 7.11 Å². The number of carbonyl (C=O) groups excluding carboxylic acids is 1. The molecule has 5 nitrogen and oxygen atoms in total. The second-order valence-corrected chi connectivity index (χ2v) is 10.7. The second kappa shape index (κ2) is 10.7. The maximum Gasteiger partial charge on any atom is 0.407 e. The molecule has 7 heteroatoms. The number of benzene rings is 2. The summed E-state index contributed by atoms with van der Waals surface area (Å²) >= 11 is 5.37. The molecule has 0 aromatic heterocycles. The predicted octanol–water partition coefficient (Wildman–Crippen LogP) is 5.85. The number of likely N-dealkylation sites (tertiary alicyclic amines) is 1. The van der Waals surface area contributed by atoms with Crippen molar-refractivity contribution in [1.29, 1.82) is 0 Å². The smallest absolute Gasteiger partial charge is 0.407 e. The molecule has 1 aliphatic heterocycles. The van der Waals surface area contributed by atoms with Crippen molar-refractivity contribution in [2.24, 2.45) is 0 Å². The van der Waals surface area contributed by atoms with Gasteiger partial charge in [-0.1, -0.05) is 34.1 Å². The van der Waals surface area contributed by atoms with Crippen molar-refractivity contribution < 1.29 is 14.3 Å². The number of hydrogen-bond acceptors (Lipinski definition) is 5. The number of thioether (sulfide) groups is 1. The topological polar surface area (TPSA) is 50.8 Å². The van der Waals surface area contributed by atoms with E-state index in [0.29, 0.717) is 0 Å². The van der Waals surface area contributed by atoms with Gasteiger partial charge in [-0.2, -0.15) is 0 Å². The first kappa shape index (κ1) is 24.0. The zero-order valence-corrected chi connectivity index (χ0v) is 21.0. The van der Waals surface area contributed by atoms with E-state index in [1.807, 2.05) is 44.7 Å². The first-order valence-corrected chi connectivity index (χ1v) is 12.3. The summed E-state index contributed by atoms with van der Waals surface area (Å²) in [5.74, 6) is 1.74. The highest BCUT2D eigenvalue weighted by Crippen LogP contribution is 2.32. The van der Waals surface area contributed by atoms with Crippen LogP contribution < -0.4 is 10.1 Å². The number of methoxy groups -OCH3 is 1. The van der Waals surface area contributed by atoms with E-state index in [-0.39, 0.29) is 12.1 Å². The summed E-state index contributed by atoms with van der Waals surface area (Å²) in [6, 6.07) is 14.8. The Balaban J connectivity index is 1.58. The van der Waals surface area contributed by atoms with Crippen LogP contribution in [0.15, 0.2) is 51.8 Å². The van der Waals surface area contributed by atoms with Crippen LogP contribution in [0.2, 0.25) is 0 Å². The fourth-order valence-corrected chi connectivity index (χ4v) is 5.04. The quantitative estimate of drug-likeness (QED) is 0.477. The van der Waals surface area contributed by atoms with E-state index in [0.717, 1.165) is 42.0 Å². The van der Waals surface area contributed by atoms with Gasteiger partial charge in [0.15, 0.2) is 0 Å². The zero-order valence-electron chi connectivity index (χ0n) is 18.6. The van der Waals surface area contributed by atoms with Gasteiger partial charge in [0, 0.05) is 46.4 Å². The third kappa shape index (κ3) is 7.44. The highest BCUT2D eigenvalue weighted by Gasteiger charge is 2.26. The minimum atomic E-state index is -0.477. The van der Waals surface area contributed by atoms with Crippen LogP contribution in [0.3, 0.4) is 0 Å². The summed E-state index contributed by atoms with van der Waals surface area (Å²) in [6.45, 7) is 8.30. The van der Waals surface area contributed by atoms with Crippen LogP contribution in [0, 0.1) is 0 Å². The molecule has 168 valence electrons. The first-order chi connectivity index (χ1) is 14.7. The Kier molecular flexibility index (Phi) is 8.30. The Morgan fingerprint density at radius 3 is 2.74 bits per heavy atom. The summed E-state index contributed by atoms with van der Waals surface area (Å²) in [7, 11) is 1.71. The van der Waals surface area contributed by atoms with Crippen LogP contribution >= 0.6 is 27.7 Å². The maximum absolute atomic E-state index is 12.1. The monoisotopic (exact) mass is 506 g/mol. The van der Waals surface area contributed by atoms with Crippen molar-refractivity contribution in [3.63, 3.8) is 0 Å². The fourth-order valence-electron chi connectivity index (χ4n) is 3.60. The number of nitrogens with one attached hydrogen (secondary N) is 1. The molecule has 0 bridgehead atoms. The minimum absolute atomic E-state index is 0.126. The van der Waals surface area contributed by atoms with Gasteiger partial charge in [-0.25, -0.2) is 4.79 Å². The standard InChI is InChI=1S/C24H31BrN2O3S/c1-24(2,3)30-23(28)26-20-11-12-27(15-20)14-17-7-5-6-8-22(17)31-16-18-13-19(25)9-10-21(18)29-4/h5-10,13,20H,11-12,14-16H2,1-4H3,(H,26,28). The SMILES string of the molecule is COc1ccc(Br)cc1CSc1ccccc1CN1CCC(NC(=O)OC(C)(C)C)C1. The van der Waals surface area contributed by atoms with Gasteiger partial charge in [-0.15, -0.1) is 11.8 Å². The van der Waals surface area contributed by atoms with E-state index < -0.39 is 5.60 Å². The molecule has 1 amide bonds. The summed E-state index contributed by atoms with van der Waals surface area (Å²) in [5, 5.41) is 3.00. The van der Waals surface area contributed by atoms with Gasteiger partial charge in [0.1, 0.15) is 11.4 Å². The lowest BCUT2D eigenvalue weighted by Gasteiger charge is -2.22. The van der Waals surface area contributed by atoms with Gasteiger partial charge in [0.25, 0.3) is 0 Å². The lowest BCUT2D eigenvalue weighted by Crippen LogP contribution is -2.40. The van der Waals surface area contributed by atoms with E-state index in [2.05, 4.69) is 56.5 Å². The van der Waals surface area contributed by atoms with E-state index >= 15 is 0 Å². The third-order valence-corrected chi connectivity index (χ3v) is 6.64. The average Bonchev–Trinajstić information content (AvgIpc) is 3.12. The van der Waals surface area contributed by atoms with Gasteiger partial charge in [0.2, 0.25) is 0 Å². The Hall–Kier alpha value is -1.70. The Bertz CT molecular complexity index is 901. The van der Waals surface area contributed by atoms with Crippen LogP contribution in [0.4, 0.5) is 4.79 Å². The van der Waals surface area contributed by atoms with Gasteiger partial charge < -0.3 is 14.8 Å². The summed E-state index contributed by atoms with van der Waals surface area (Å²) < 4.78 is 12.0. The molecule has 1 heterocycles. The largest absolute Gasteiger partial charge is 0.496 e. The normalized spacial score (nSPS) is 16.9. The summed E-state index contributed by atoms with van der Waals surface area (Å²) in [6.07, 6.45) is 0.599. The van der Waals surface area contributed by atoms with E-state index in [4.69, 9.17) is 9.47 Å². The molecule has 1 unspecified atom stereocenters. The van der Waals surface area contributed by atoms with Crippen molar-refractivity contribution in [3.05, 3.63) is 58.1 Å². The number of amides is 1. The molecular formula is C24H31BrN2O3S. The van der Waals surface area contributed by atoms with E-state index in [9.17, 15) is 4.79 Å². The molecule has 1 aliphatic rings. The Labute approximate surface area is 198 Å². The molecule has 2 aromatic carbocycles. The molecule has 0 aliphatic carbocycles. The first-order valence-electron chi connectivity index (χ1n) is 10.5. The second-order valence-electron chi connectivity index (χ2n) is 8.72. The Morgan fingerprint density at radius 1 is 1.23 bits per heavy atom. The van der Waals surface area contributed by atoms with Crippen LogP contribution in [0.1, 0.15) is 38.3 Å². The maximum atomic E-state index is 12.1. The van der Waals surface area contributed by atoms with Gasteiger partial charge in [-0.3, -0.25) is 4.90 Å². The van der Waals surface area contributed by atoms with Gasteiger partial charge in [0.05, 0.1) is 7.11 Å². The molecule has 0 spiro atoms. The van der Waals surface area contributed by atoms with Gasteiger partial charge >= 0.3 is 6.09 Å². The molecule has 1 atom stereocenters. The number of alkyl carbamates (subject to hydrolysis) is 1. The Morgan fingerprint density at radius 2 is 2.00 bits per heavy atom. The average molecular weight is 507 g/mol. The number of halogens is 1. The van der Waals surface area contributed by atoms with Crippen LogP contribution in [0.5, 0.6) is 5.75 Å². The highest BCUT2D eigenvalue weighted by molar-refractivity contribution is 9.10.